The Balaban J connectivity index is 2.40. The Morgan fingerprint density at radius 2 is 1.81 bits per heavy atom. The summed E-state index contributed by atoms with van der Waals surface area (Å²) in [7, 11) is 0. The van der Waals surface area contributed by atoms with E-state index in [-0.39, 0.29) is 10.9 Å². The van der Waals surface area contributed by atoms with Gasteiger partial charge in [0.2, 0.25) is 0 Å². The third-order valence-electron chi connectivity index (χ3n) is 3.03. The van der Waals surface area contributed by atoms with Gasteiger partial charge in [-0.05, 0) is 24.3 Å². The van der Waals surface area contributed by atoms with Crippen LogP contribution in [0, 0.1) is 11.6 Å². The van der Waals surface area contributed by atoms with Crippen molar-refractivity contribution >= 4 is 45.8 Å². The van der Waals surface area contributed by atoms with Gasteiger partial charge in [0, 0.05) is 6.07 Å². The predicted octanol–water partition coefficient (Wildman–Crippen LogP) is 5.35. The maximum atomic E-state index is 13.5. The molecule has 0 bridgehead atoms. The molecule has 0 saturated heterocycles. The van der Waals surface area contributed by atoms with Crippen LogP contribution in [0.1, 0.15) is 5.82 Å². The highest BCUT2D eigenvalue weighted by atomic mass is 35.5. The van der Waals surface area contributed by atoms with Gasteiger partial charge in [-0.15, -0.1) is 11.6 Å². The third-order valence-corrected chi connectivity index (χ3v) is 3.88. The Morgan fingerprint density at radius 3 is 2.52 bits per heavy atom. The Morgan fingerprint density at radius 1 is 1.05 bits per heavy atom. The predicted molar refractivity (Wildman–Crippen MR) is 80.6 cm³/mol. The van der Waals surface area contributed by atoms with E-state index in [0.29, 0.717) is 27.6 Å². The van der Waals surface area contributed by atoms with Crippen LogP contribution in [-0.4, -0.2) is 9.55 Å². The first-order chi connectivity index (χ1) is 10.0. The first kappa shape index (κ1) is 14.6. The number of imidazole rings is 1. The third kappa shape index (κ3) is 2.48. The first-order valence-electron chi connectivity index (χ1n) is 5.89. The van der Waals surface area contributed by atoms with Crippen molar-refractivity contribution in [2.45, 2.75) is 5.88 Å². The molecule has 0 unspecified atom stereocenters. The summed E-state index contributed by atoms with van der Waals surface area (Å²) in [6.45, 7) is 0. The molecule has 0 spiro atoms. The number of fused-ring (bicyclic) bond motifs is 1. The number of nitrogens with zero attached hydrogens (tertiary/aromatic N) is 2. The van der Waals surface area contributed by atoms with Crippen LogP contribution in [0.4, 0.5) is 8.78 Å². The quantitative estimate of drug-likeness (QED) is 0.571. The maximum absolute atomic E-state index is 13.5. The number of hydrogen-bond acceptors (Lipinski definition) is 1. The second-order valence-electron chi connectivity index (χ2n) is 4.35. The summed E-state index contributed by atoms with van der Waals surface area (Å²) in [6.07, 6.45) is 0. The molecular formula is C14H7Cl3F2N2. The minimum absolute atomic E-state index is 0.0563. The standard InChI is InChI=1S/C14H7Cl3F2N2/c15-6-14-20-11-5-10(19)9(17)4-13(11)21(14)12-3-7(18)1-2-8(12)16/h1-5H,6H2. The van der Waals surface area contributed by atoms with Gasteiger partial charge in [0.25, 0.3) is 0 Å². The zero-order chi connectivity index (χ0) is 15.1. The van der Waals surface area contributed by atoms with Crippen LogP contribution in [0.2, 0.25) is 10.0 Å². The molecular weight excluding hydrogens is 341 g/mol. The highest BCUT2D eigenvalue weighted by Gasteiger charge is 2.16. The number of rotatable bonds is 2. The van der Waals surface area contributed by atoms with Crippen molar-refractivity contribution in [1.29, 1.82) is 0 Å². The fraction of sp³-hybridized carbons (Fsp3) is 0.0714. The average molecular weight is 348 g/mol. The zero-order valence-electron chi connectivity index (χ0n) is 10.4. The molecule has 1 aromatic heterocycles. The van der Waals surface area contributed by atoms with Crippen molar-refractivity contribution in [1.82, 2.24) is 9.55 Å². The molecule has 7 heteroatoms. The lowest BCUT2D eigenvalue weighted by atomic mass is 10.2. The molecule has 2 nitrogen and oxygen atoms in total. The van der Waals surface area contributed by atoms with Gasteiger partial charge in [-0.1, -0.05) is 23.2 Å². The molecule has 0 saturated carbocycles. The SMILES string of the molecule is Fc1ccc(Cl)c(-n2c(CCl)nc3cc(F)c(Cl)cc32)c1. The van der Waals surface area contributed by atoms with E-state index in [2.05, 4.69) is 4.98 Å². The summed E-state index contributed by atoms with van der Waals surface area (Å²) in [5.41, 5.74) is 1.25. The van der Waals surface area contributed by atoms with Gasteiger partial charge in [0.1, 0.15) is 17.5 Å². The highest BCUT2D eigenvalue weighted by molar-refractivity contribution is 6.32. The summed E-state index contributed by atoms with van der Waals surface area (Å²) >= 11 is 17.8. The van der Waals surface area contributed by atoms with Crippen molar-refractivity contribution in [3.63, 3.8) is 0 Å². The molecule has 2 aromatic carbocycles. The summed E-state index contributed by atoms with van der Waals surface area (Å²) < 4.78 is 28.6. The largest absolute Gasteiger partial charge is 0.294 e. The van der Waals surface area contributed by atoms with Crippen molar-refractivity contribution in [2.75, 3.05) is 0 Å². The molecule has 0 amide bonds. The van der Waals surface area contributed by atoms with Crippen LogP contribution in [-0.2, 0) is 5.88 Å². The van der Waals surface area contributed by atoms with Crippen LogP contribution in [0.5, 0.6) is 0 Å². The summed E-state index contributed by atoms with van der Waals surface area (Å²) in [4.78, 5) is 4.23. The molecule has 3 aromatic rings. The van der Waals surface area contributed by atoms with E-state index in [0.717, 1.165) is 0 Å². The lowest BCUT2D eigenvalue weighted by molar-refractivity contribution is 0.626. The second-order valence-corrected chi connectivity index (χ2v) is 5.43. The summed E-state index contributed by atoms with van der Waals surface area (Å²) in [5, 5.41) is 0.264. The topological polar surface area (TPSA) is 17.8 Å². The van der Waals surface area contributed by atoms with E-state index in [1.54, 1.807) is 4.57 Å². The highest BCUT2D eigenvalue weighted by Crippen LogP contribution is 2.30. The average Bonchev–Trinajstić information content (AvgIpc) is 2.79. The Labute approximate surface area is 133 Å². The number of benzene rings is 2. The molecule has 0 aliphatic rings. The second kappa shape index (κ2) is 5.44. The van der Waals surface area contributed by atoms with Gasteiger partial charge >= 0.3 is 0 Å². The molecule has 0 atom stereocenters. The van der Waals surface area contributed by atoms with Crippen LogP contribution in [0.15, 0.2) is 30.3 Å². The van der Waals surface area contributed by atoms with Gasteiger partial charge in [0.15, 0.2) is 0 Å². The van der Waals surface area contributed by atoms with E-state index in [4.69, 9.17) is 34.8 Å². The van der Waals surface area contributed by atoms with Crippen LogP contribution in [0.3, 0.4) is 0 Å². The molecule has 0 radical (unpaired) electrons. The maximum Gasteiger partial charge on any atom is 0.144 e. The normalized spacial score (nSPS) is 11.3. The fourth-order valence-corrected chi connectivity index (χ4v) is 2.68. The van der Waals surface area contributed by atoms with Crippen molar-refractivity contribution in [3.8, 4) is 5.69 Å². The Kier molecular flexibility index (Phi) is 3.78. The molecule has 1 heterocycles. The number of hydrogen-bond donors (Lipinski definition) is 0. The lowest BCUT2D eigenvalue weighted by Crippen LogP contribution is -2.01. The fourth-order valence-electron chi connectivity index (χ4n) is 2.14. The summed E-state index contributed by atoms with van der Waals surface area (Å²) in [6, 6.07) is 6.56. The van der Waals surface area contributed by atoms with Crippen molar-refractivity contribution in [3.05, 3.63) is 57.8 Å². The van der Waals surface area contributed by atoms with E-state index < -0.39 is 11.6 Å². The van der Waals surface area contributed by atoms with Crippen LogP contribution >= 0.6 is 34.8 Å². The minimum Gasteiger partial charge on any atom is -0.294 e. The van der Waals surface area contributed by atoms with Gasteiger partial charge in [-0.2, -0.15) is 0 Å². The van der Waals surface area contributed by atoms with E-state index in [9.17, 15) is 8.78 Å². The van der Waals surface area contributed by atoms with Gasteiger partial charge in [-0.25, -0.2) is 13.8 Å². The Bertz CT molecular complexity index is 846. The molecule has 21 heavy (non-hydrogen) atoms. The van der Waals surface area contributed by atoms with E-state index in [1.165, 1.54) is 30.3 Å². The molecule has 0 fully saturated rings. The van der Waals surface area contributed by atoms with Crippen LogP contribution in [0.25, 0.3) is 16.7 Å². The van der Waals surface area contributed by atoms with Crippen molar-refractivity contribution < 1.29 is 8.78 Å². The van der Waals surface area contributed by atoms with Gasteiger partial charge in [0.05, 0.1) is 32.6 Å². The molecule has 108 valence electrons. The lowest BCUT2D eigenvalue weighted by Gasteiger charge is -2.10. The minimum atomic E-state index is -0.583. The van der Waals surface area contributed by atoms with E-state index >= 15 is 0 Å². The molecule has 0 aliphatic heterocycles. The Hall–Kier alpha value is -1.36. The van der Waals surface area contributed by atoms with E-state index in [1.807, 2.05) is 0 Å². The van der Waals surface area contributed by atoms with Gasteiger partial charge < -0.3 is 0 Å². The van der Waals surface area contributed by atoms with Crippen molar-refractivity contribution in [2.24, 2.45) is 0 Å². The molecule has 3 rings (SSSR count). The zero-order valence-corrected chi connectivity index (χ0v) is 12.6. The number of aromatic nitrogens is 2. The van der Waals surface area contributed by atoms with Gasteiger partial charge in [-0.3, -0.25) is 4.57 Å². The number of alkyl halides is 1. The monoisotopic (exact) mass is 346 g/mol. The summed E-state index contributed by atoms with van der Waals surface area (Å²) in [5.74, 6) is -0.563. The number of halogens is 5. The first-order valence-corrected chi connectivity index (χ1v) is 7.18. The molecule has 0 N–H and O–H groups in total. The smallest absolute Gasteiger partial charge is 0.144 e. The molecule has 0 aliphatic carbocycles. The van der Waals surface area contributed by atoms with Crippen LogP contribution < -0.4 is 0 Å².